The van der Waals surface area contributed by atoms with Crippen LogP contribution in [0.4, 0.5) is 5.00 Å². The molecule has 2 rings (SSSR count). The molecular formula is C20H27N3O4S3. The number of thiophene rings is 1. The zero-order valence-corrected chi connectivity index (χ0v) is 20.3. The number of rotatable bonds is 6. The summed E-state index contributed by atoms with van der Waals surface area (Å²) in [5, 5.41) is 3.40. The first-order valence-electron chi connectivity index (χ1n) is 9.30. The number of anilines is 1. The standard InChI is InChI=1S/C20H27N3O4S3/c1-7-15-12(2)29-17(16(15)18(24)27-6)21-19(28)22-23-30(25,26)14-10-8-13(9-11-14)20(3,4)5/h8-11,23H,7H2,1-6H3,(H2,21,22,28). The van der Waals surface area contributed by atoms with Crippen molar-refractivity contribution in [2.45, 2.75) is 51.3 Å². The number of carbonyl (C=O) groups is 1. The zero-order valence-electron chi connectivity index (χ0n) is 17.9. The molecule has 30 heavy (non-hydrogen) atoms. The fraction of sp³-hybridized carbons (Fsp3) is 0.400. The van der Waals surface area contributed by atoms with Crippen LogP contribution in [0.15, 0.2) is 29.2 Å². The molecule has 1 heterocycles. The van der Waals surface area contributed by atoms with Gasteiger partial charge in [0.25, 0.3) is 10.0 Å². The summed E-state index contributed by atoms with van der Waals surface area (Å²) in [6.45, 7) is 10.0. The summed E-state index contributed by atoms with van der Waals surface area (Å²) in [6.07, 6.45) is 0.659. The van der Waals surface area contributed by atoms with Gasteiger partial charge >= 0.3 is 5.97 Å². The van der Waals surface area contributed by atoms with Crippen molar-refractivity contribution in [2.75, 3.05) is 12.4 Å². The highest BCUT2D eigenvalue weighted by atomic mass is 32.2. The fourth-order valence-electron chi connectivity index (χ4n) is 2.85. The van der Waals surface area contributed by atoms with Crippen molar-refractivity contribution in [1.82, 2.24) is 10.3 Å². The Hall–Kier alpha value is -2.01. The lowest BCUT2D eigenvalue weighted by atomic mass is 9.87. The Bertz CT molecular complexity index is 1040. The molecule has 0 unspecified atom stereocenters. The van der Waals surface area contributed by atoms with E-state index in [4.69, 9.17) is 17.0 Å². The van der Waals surface area contributed by atoms with Gasteiger partial charge in [-0.05, 0) is 54.2 Å². The van der Waals surface area contributed by atoms with Crippen LogP contribution in [0.2, 0.25) is 0 Å². The number of hydrogen-bond donors (Lipinski definition) is 3. The van der Waals surface area contributed by atoms with Gasteiger partial charge in [0.2, 0.25) is 0 Å². The molecule has 0 fully saturated rings. The lowest BCUT2D eigenvalue weighted by molar-refractivity contribution is 0.0601. The Morgan fingerprint density at radius 3 is 2.30 bits per heavy atom. The van der Waals surface area contributed by atoms with Gasteiger partial charge in [0, 0.05) is 4.88 Å². The molecule has 7 nitrogen and oxygen atoms in total. The van der Waals surface area contributed by atoms with Crippen molar-refractivity contribution >= 4 is 49.7 Å². The minimum atomic E-state index is -3.83. The molecule has 10 heteroatoms. The van der Waals surface area contributed by atoms with E-state index >= 15 is 0 Å². The van der Waals surface area contributed by atoms with E-state index in [-0.39, 0.29) is 15.4 Å². The number of carbonyl (C=O) groups excluding carboxylic acids is 1. The Morgan fingerprint density at radius 2 is 1.80 bits per heavy atom. The normalized spacial score (nSPS) is 11.8. The average Bonchev–Trinajstić information content (AvgIpc) is 3.00. The summed E-state index contributed by atoms with van der Waals surface area (Å²) < 4.78 is 30.0. The molecular weight excluding hydrogens is 442 g/mol. The molecule has 0 aliphatic rings. The van der Waals surface area contributed by atoms with Crippen LogP contribution in [0.3, 0.4) is 0 Å². The minimum Gasteiger partial charge on any atom is -0.465 e. The van der Waals surface area contributed by atoms with Crippen LogP contribution in [0.5, 0.6) is 0 Å². The summed E-state index contributed by atoms with van der Waals surface area (Å²) in [5.74, 6) is -0.471. The van der Waals surface area contributed by atoms with Gasteiger partial charge in [-0.2, -0.15) is 0 Å². The Morgan fingerprint density at radius 1 is 1.20 bits per heavy atom. The van der Waals surface area contributed by atoms with Crippen LogP contribution in [0.25, 0.3) is 0 Å². The van der Waals surface area contributed by atoms with Gasteiger partial charge in [-0.3, -0.25) is 5.43 Å². The highest BCUT2D eigenvalue weighted by molar-refractivity contribution is 7.89. The number of benzene rings is 1. The van der Waals surface area contributed by atoms with Crippen molar-refractivity contribution in [1.29, 1.82) is 0 Å². The first-order chi connectivity index (χ1) is 13.9. The summed E-state index contributed by atoms with van der Waals surface area (Å²) in [5.41, 5.74) is 4.72. The van der Waals surface area contributed by atoms with Crippen LogP contribution in [-0.4, -0.2) is 26.6 Å². The van der Waals surface area contributed by atoms with E-state index in [1.807, 2.05) is 13.8 Å². The molecule has 1 aromatic heterocycles. The van der Waals surface area contributed by atoms with Gasteiger partial charge in [0.15, 0.2) is 5.11 Å². The van der Waals surface area contributed by atoms with Gasteiger partial charge in [0.1, 0.15) is 5.00 Å². The SMILES string of the molecule is CCc1c(C)sc(NC(=S)NNS(=O)(=O)c2ccc(C(C)(C)C)cc2)c1C(=O)OC. The second-order valence-electron chi connectivity index (χ2n) is 7.65. The molecule has 0 bridgehead atoms. The molecule has 0 aliphatic heterocycles. The zero-order chi connectivity index (χ0) is 22.7. The first kappa shape index (κ1) is 24.3. The maximum atomic E-state index is 12.5. The fourth-order valence-corrected chi connectivity index (χ4v) is 5.12. The maximum Gasteiger partial charge on any atom is 0.341 e. The monoisotopic (exact) mass is 469 g/mol. The van der Waals surface area contributed by atoms with Crippen molar-refractivity contribution in [2.24, 2.45) is 0 Å². The number of esters is 1. The number of thiocarbonyl (C=S) groups is 1. The summed E-state index contributed by atoms with van der Waals surface area (Å²) in [7, 11) is -2.51. The van der Waals surface area contributed by atoms with Gasteiger partial charge < -0.3 is 10.1 Å². The Kier molecular flexibility index (Phi) is 7.62. The third-order valence-electron chi connectivity index (χ3n) is 4.51. The van der Waals surface area contributed by atoms with E-state index in [2.05, 4.69) is 36.3 Å². The van der Waals surface area contributed by atoms with E-state index < -0.39 is 16.0 Å². The quantitative estimate of drug-likeness (QED) is 0.336. The van der Waals surface area contributed by atoms with E-state index in [0.29, 0.717) is 17.0 Å². The molecule has 1 aromatic carbocycles. The third-order valence-corrected chi connectivity index (χ3v) is 7.04. The van der Waals surface area contributed by atoms with E-state index in [9.17, 15) is 13.2 Å². The molecule has 0 amide bonds. The van der Waals surface area contributed by atoms with Crippen LogP contribution in [0, 0.1) is 6.92 Å². The molecule has 164 valence electrons. The lowest BCUT2D eigenvalue weighted by Crippen LogP contribution is -2.43. The van der Waals surface area contributed by atoms with E-state index in [0.717, 1.165) is 16.0 Å². The topological polar surface area (TPSA) is 96.5 Å². The van der Waals surface area contributed by atoms with E-state index in [1.165, 1.54) is 18.4 Å². The number of ether oxygens (including phenoxy) is 1. The van der Waals surface area contributed by atoms with Gasteiger partial charge in [-0.25, -0.2) is 13.2 Å². The summed E-state index contributed by atoms with van der Waals surface area (Å²) in [4.78, 5) is 15.5. The van der Waals surface area contributed by atoms with Crippen molar-refractivity contribution in [3.63, 3.8) is 0 Å². The Balaban J connectivity index is 2.12. The lowest BCUT2D eigenvalue weighted by Gasteiger charge is -2.19. The highest BCUT2D eigenvalue weighted by Gasteiger charge is 2.23. The number of hydrogen-bond acceptors (Lipinski definition) is 6. The number of sulfonamides is 1. The van der Waals surface area contributed by atoms with Crippen LogP contribution < -0.4 is 15.6 Å². The maximum absolute atomic E-state index is 12.5. The van der Waals surface area contributed by atoms with Crippen molar-refractivity contribution < 1.29 is 17.9 Å². The number of hydrazine groups is 1. The third kappa shape index (κ3) is 5.57. The van der Waals surface area contributed by atoms with Crippen LogP contribution in [0.1, 0.15) is 54.1 Å². The first-order valence-corrected chi connectivity index (χ1v) is 12.0. The van der Waals surface area contributed by atoms with E-state index in [1.54, 1.807) is 24.3 Å². The van der Waals surface area contributed by atoms with Gasteiger partial charge in [0.05, 0.1) is 17.6 Å². The second kappa shape index (κ2) is 9.42. The molecule has 3 N–H and O–H groups in total. The van der Waals surface area contributed by atoms with Gasteiger partial charge in [-0.1, -0.05) is 39.8 Å². The molecule has 0 saturated carbocycles. The molecule has 0 atom stereocenters. The number of methoxy groups -OCH3 is 1. The minimum absolute atomic E-state index is 0.0129. The molecule has 0 saturated heterocycles. The summed E-state index contributed by atoms with van der Waals surface area (Å²) in [6, 6.07) is 6.67. The van der Waals surface area contributed by atoms with Crippen LogP contribution in [-0.2, 0) is 26.6 Å². The predicted octanol–water partition coefficient (Wildman–Crippen LogP) is 3.88. The smallest absolute Gasteiger partial charge is 0.341 e. The highest BCUT2D eigenvalue weighted by Crippen LogP contribution is 2.34. The Labute approximate surface area is 187 Å². The number of aryl methyl sites for hydroxylation is 1. The van der Waals surface area contributed by atoms with Crippen molar-refractivity contribution in [3.8, 4) is 0 Å². The summed E-state index contributed by atoms with van der Waals surface area (Å²) >= 11 is 6.55. The molecule has 0 spiro atoms. The van der Waals surface area contributed by atoms with Crippen molar-refractivity contribution in [3.05, 3.63) is 45.8 Å². The molecule has 0 aliphatic carbocycles. The largest absolute Gasteiger partial charge is 0.465 e. The number of nitrogens with one attached hydrogen (secondary N) is 3. The average molecular weight is 470 g/mol. The second-order valence-corrected chi connectivity index (χ2v) is 11.0. The predicted molar refractivity (Wildman–Crippen MR) is 125 cm³/mol. The van der Waals surface area contributed by atoms with Gasteiger partial charge in [-0.15, -0.1) is 16.2 Å². The molecule has 2 aromatic rings. The molecule has 0 radical (unpaired) electrons. The van der Waals surface area contributed by atoms with Crippen LogP contribution >= 0.6 is 23.6 Å².